The molecule has 0 aliphatic rings. The second-order valence-electron chi connectivity index (χ2n) is 3.73. The molecule has 3 rings (SSSR count). The molecule has 0 spiro atoms. The van der Waals surface area contributed by atoms with Gasteiger partial charge in [0.25, 0.3) is 0 Å². The second-order valence-corrected chi connectivity index (χ2v) is 5.55. The van der Waals surface area contributed by atoms with Crippen LogP contribution in [0.4, 0.5) is 4.39 Å². The van der Waals surface area contributed by atoms with Crippen molar-refractivity contribution >= 4 is 44.0 Å². The van der Waals surface area contributed by atoms with Crippen molar-refractivity contribution in [3.05, 3.63) is 56.6 Å². The van der Waals surface area contributed by atoms with Crippen molar-refractivity contribution in [1.82, 2.24) is 0 Å². The van der Waals surface area contributed by atoms with Crippen LogP contribution < -0.4 is 0 Å². The number of carbonyl (C=O) groups is 1. The summed E-state index contributed by atoms with van der Waals surface area (Å²) in [6.45, 7) is 0. The number of rotatable bonds is 2. The minimum absolute atomic E-state index is 0.122. The Morgan fingerprint density at radius 2 is 2.17 bits per heavy atom. The van der Waals surface area contributed by atoms with Gasteiger partial charge >= 0.3 is 0 Å². The highest BCUT2D eigenvalue weighted by atomic mass is 79.9. The highest BCUT2D eigenvalue weighted by Gasteiger charge is 2.17. The Balaban J connectivity index is 2.10. The Hall–Kier alpha value is -1.46. The monoisotopic (exact) mass is 324 g/mol. The van der Waals surface area contributed by atoms with Gasteiger partial charge in [0.15, 0.2) is 17.2 Å². The van der Waals surface area contributed by atoms with Gasteiger partial charge in [0, 0.05) is 15.2 Å². The van der Waals surface area contributed by atoms with Crippen molar-refractivity contribution in [3.8, 4) is 0 Å². The van der Waals surface area contributed by atoms with Crippen molar-refractivity contribution in [2.45, 2.75) is 0 Å². The summed E-state index contributed by atoms with van der Waals surface area (Å²) in [5.74, 6) is -0.537. The molecule has 2 nitrogen and oxygen atoms in total. The van der Waals surface area contributed by atoms with E-state index in [4.69, 9.17) is 4.42 Å². The summed E-state index contributed by atoms with van der Waals surface area (Å²) in [4.78, 5) is 12.7. The topological polar surface area (TPSA) is 30.2 Å². The van der Waals surface area contributed by atoms with Crippen LogP contribution in [0.1, 0.15) is 15.4 Å². The number of halogens is 2. The third kappa shape index (κ3) is 1.89. The molecule has 0 fully saturated rings. The Morgan fingerprint density at radius 3 is 2.83 bits per heavy atom. The molecule has 0 aliphatic heterocycles. The fourth-order valence-corrected chi connectivity index (χ4v) is 3.06. The first kappa shape index (κ1) is 11.6. The van der Waals surface area contributed by atoms with E-state index in [9.17, 15) is 9.18 Å². The predicted octanol–water partition coefficient (Wildman–Crippen LogP) is 4.63. The fourth-order valence-electron chi connectivity index (χ4n) is 1.69. The Labute approximate surface area is 114 Å². The number of thiophene rings is 1. The Morgan fingerprint density at radius 1 is 1.33 bits per heavy atom. The van der Waals surface area contributed by atoms with E-state index < -0.39 is 5.82 Å². The number of carbonyl (C=O) groups excluding carboxylic acids is 1. The number of ketones is 1. The third-order valence-corrected chi connectivity index (χ3v) is 4.20. The quantitative estimate of drug-likeness (QED) is 0.643. The zero-order valence-electron chi connectivity index (χ0n) is 8.94. The average molecular weight is 325 g/mol. The third-order valence-electron chi connectivity index (χ3n) is 2.51. The van der Waals surface area contributed by atoms with E-state index in [1.165, 1.54) is 17.4 Å². The van der Waals surface area contributed by atoms with Gasteiger partial charge in [-0.2, -0.15) is 0 Å². The molecule has 3 aromatic rings. The SMILES string of the molecule is O=C(c1cc2cccc(F)c2o1)c1cc(Br)cs1. The maximum absolute atomic E-state index is 13.5. The first-order valence-electron chi connectivity index (χ1n) is 5.12. The summed E-state index contributed by atoms with van der Waals surface area (Å²) in [5, 5.41) is 2.41. The lowest BCUT2D eigenvalue weighted by atomic mass is 10.2. The van der Waals surface area contributed by atoms with Crippen molar-refractivity contribution in [3.63, 3.8) is 0 Å². The van der Waals surface area contributed by atoms with E-state index >= 15 is 0 Å². The van der Waals surface area contributed by atoms with E-state index in [2.05, 4.69) is 15.9 Å². The number of furan rings is 1. The smallest absolute Gasteiger partial charge is 0.238 e. The van der Waals surface area contributed by atoms with Gasteiger partial charge < -0.3 is 4.42 Å². The standard InChI is InChI=1S/C13H6BrFO2S/c14-8-5-11(18-6-8)12(16)10-4-7-2-1-3-9(15)13(7)17-10/h1-6H. The number of fused-ring (bicyclic) bond motifs is 1. The summed E-state index contributed by atoms with van der Waals surface area (Å²) in [6, 6.07) is 7.89. The molecule has 5 heteroatoms. The van der Waals surface area contributed by atoms with Gasteiger partial charge in [0.05, 0.1) is 4.88 Å². The molecule has 0 atom stereocenters. The summed E-state index contributed by atoms with van der Waals surface area (Å²) in [6.07, 6.45) is 0. The Kier molecular flexibility index (Phi) is 2.80. The van der Waals surface area contributed by atoms with E-state index in [0.29, 0.717) is 10.3 Å². The highest BCUT2D eigenvalue weighted by molar-refractivity contribution is 9.10. The predicted molar refractivity (Wildman–Crippen MR) is 71.6 cm³/mol. The van der Waals surface area contributed by atoms with Crippen LogP contribution in [0.2, 0.25) is 0 Å². The van der Waals surface area contributed by atoms with Crippen LogP contribution in [0.5, 0.6) is 0 Å². The first-order valence-corrected chi connectivity index (χ1v) is 6.79. The minimum Gasteiger partial charge on any atom is -0.449 e. The largest absolute Gasteiger partial charge is 0.449 e. The molecule has 1 aromatic carbocycles. The molecular formula is C13H6BrFO2S. The molecule has 2 aromatic heterocycles. The van der Waals surface area contributed by atoms with Gasteiger partial charge in [-0.15, -0.1) is 11.3 Å². The van der Waals surface area contributed by atoms with E-state index in [1.807, 2.05) is 5.38 Å². The van der Waals surface area contributed by atoms with Crippen LogP contribution >= 0.6 is 27.3 Å². The lowest BCUT2D eigenvalue weighted by molar-refractivity contribution is 0.101. The number of benzene rings is 1. The summed E-state index contributed by atoms with van der Waals surface area (Å²) in [7, 11) is 0. The lowest BCUT2D eigenvalue weighted by Crippen LogP contribution is -1.95. The van der Waals surface area contributed by atoms with Gasteiger partial charge in [0.2, 0.25) is 5.78 Å². The Bertz CT molecular complexity index is 744. The second kappa shape index (κ2) is 4.33. The van der Waals surface area contributed by atoms with Gasteiger partial charge in [-0.05, 0) is 34.1 Å². The molecule has 0 aliphatic carbocycles. The van der Waals surface area contributed by atoms with Gasteiger partial charge in [-0.1, -0.05) is 12.1 Å². The molecule has 0 saturated heterocycles. The zero-order chi connectivity index (χ0) is 12.7. The van der Waals surface area contributed by atoms with Crippen LogP contribution in [-0.2, 0) is 0 Å². The molecule has 0 amide bonds. The van der Waals surface area contributed by atoms with Crippen molar-refractivity contribution in [2.24, 2.45) is 0 Å². The molecule has 0 bridgehead atoms. The molecule has 0 saturated carbocycles. The molecule has 0 unspecified atom stereocenters. The molecule has 90 valence electrons. The van der Waals surface area contributed by atoms with Crippen LogP contribution in [-0.4, -0.2) is 5.78 Å². The summed E-state index contributed by atoms with van der Waals surface area (Å²) >= 11 is 4.60. The normalized spacial score (nSPS) is 11.0. The van der Waals surface area contributed by atoms with Crippen LogP contribution in [0.15, 0.2) is 44.6 Å². The highest BCUT2D eigenvalue weighted by Crippen LogP contribution is 2.27. The molecule has 18 heavy (non-hydrogen) atoms. The molecule has 2 heterocycles. The van der Waals surface area contributed by atoms with Crippen LogP contribution in [0, 0.1) is 5.82 Å². The van der Waals surface area contributed by atoms with Crippen molar-refractivity contribution in [2.75, 3.05) is 0 Å². The number of para-hydroxylation sites is 1. The van der Waals surface area contributed by atoms with Gasteiger partial charge in [-0.25, -0.2) is 4.39 Å². The van der Waals surface area contributed by atoms with E-state index in [0.717, 1.165) is 4.47 Å². The minimum atomic E-state index is -0.459. The maximum atomic E-state index is 13.5. The first-order chi connectivity index (χ1) is 8.65. The average Bonchev–Trinajstić information content (AvgIpc) is 2.95. The summed E-state index contributed by atoms with van der Waals surface area (Å²) < 4.78 is 19.6. The van der Waals surface area contributed by atoms with Crippen molar-refractivity contribution in [1.29, 1.82) is 0 Å². The lowest BCUT2D eigenvalue weighted by Gasteiger charge is -1.91. The van der Waals surface area contributed by atoms with Gasteiger partial charge in [0.1, 0.15) is 0 Å². The number of hydrogen-bond acceptors (Lipinski definition) is 3. The zero-order valence-corrected chi connectivity index (χ0v) is 11.3. The van der Waals surface area contributed by atoms with E-state index in [-0.39, 0.29) is 17.1 Å². The van der Waals surface area contributed by atoms with E-state index in [1.54, 1.807) is 24.3 Å². The summed E-state index contributed by atoms with van der Waals surface area (Å²) in [5.41, 5.74) is 0.122. The molecule has 0 N–H and O–H groups in total. The molecule has 0 radical (unpaired) electrons. The maximum Gasteiger partial charge on any atom is 0.238 e. The van der Waals surface area contributed by atoms with Crippen molar-refractivity contribution < 1.29 is 13.6 Å². The fraction of sp³-hybridized carbons (Fsp3) is 0. The van der Waals surface area contributed by atoms with Gasteiger partial charge in [-0.3, -0.25) is 4.79 Å². The van der Waals surface area contributed by atoms with Crippen LogP contribution in [0.25, 0.3) is 11.0 Å². The molecular weight excluding hydrogens is 319 g/mol. The van der Waals surface area contributed by atoms with Crippen LogP contribution in [0.3, 0.4) is 0 Å². The number of hydrogen-bond donors (Lipinski definition) is 0.